The summed E-state index contributed by atoms with van der Waals surface area (Å²) < 4.78 is 32.3. The van der Waals surface area contributed by atoms with Crippen LogP contribution in [0.3, 0.4) is 0 Å². The Hall–Kier alpha value is -1.45. The van der Waals surface area contributed by atoms with Crippen LogP contribution in [0.4, 0.5) is 8.78 Å². The van der Waals surface area contributed by atoms with E-state index in [1.54, 1.807) is 6.07 Å². The number of hydrogen-bond acceptors (Lipinski definition) is 2. The summed E-state index contributed by atoms with van der Waals surface area (Å²) in [5.74, 6) is -0.622. The minimum atomic E-state index is -0.854. The highest BCUT2D eigenvalue weighted by Crippen LogP contribution is 2.49. The second kappa shape index (κ2) is 6.81. The van der Waals surface area contributed by atoms with Gasteiger partial charge >= 0.3 is 5.97 Å². The Morgan fingerprint density at radius 3 is 2.58 bits per heavy atom. The molecule has 0 spiro atoms. The summed E-state index contributed by atoms with van der Waals surface area (Å²) >= 11 is 0. The molecule has 0 radical (unpaired) electrons. The topological polar surface area (TPSA) is 26.3 Å². The second-order valence-electron chi connectivity index (χ2n) is 7.92. The summed E-state index contributed by atoms with van der Waals surface area (Å²) in [4.78, 5) is 12.5. The average molecular weight is 336 g/mol. The zero-order chi connectivity index (χ0) is 17.4. The van der Waals surface area contributed by atoms with E-state index in [2.05, 4.69) is 20.8 Å². The fraction of sp³-hybridized carbons (Fsp3) is 0.650. The van der Waals surface area contributed by atoms with Gasteiger partial charge in [0.15, 0.2) is 11.6 Å². The molecule has 24 heavy (non-hydrogen) atoms. The molecule has 2 nitrogen and oxygen atoms in total. The Labute approximate surface area is 142 Å². The van der Waals surface area contributed by atoms with Crippen LogP contribution in [0.25, 0.3) is 0 Å². The molecule has 2 saturated carbocycles. The average Bonchev–Trinajstić information content (AvgIpc) is 3.30. The number of esters is 1. The van der Waals surface area contributed by atoms with Crippen LogP contribution in [0.5, 0.6) is 0 Å². The fourth-order valence-corrected chi connectivity index (χ4v) is 4.05. The van der Waals surface area contributed by atoms with Gasteiger partial charge in [0.25, 0.3) is 0 Å². The molecule has 3 unspecified atom stereocenters. The summed E-state index contributed by atoms with van der Waals surface area (Å²) in [5.41, 5.74) is 0.688. The van der Waals surface area contributed by atoms with Gasteiger partial charge in [0.1, 0.15) is 6.10 Å². The Morgan fingerprint density at radius 1 is 1.17 bits per heavy atom. The second-order valence-corrected chi connectivity index (χ2v) is 7.92. The molecule has 0 aliphatic heterocycles. The standard InChI is InChI=1S/C20H26F2O2/c1-11(2)14-6-4-12(3)8-19(14)24-20(23)16-10-15(16)13-5-7-17(21)18(22)9-13/h5,7,9,11-12,14-16,19H,4,6,8,10H2,1-3H3/t12?,14?,15-,16-,19?/m1/s1. The van der Waals surface area contributed by atoms with Crippen LogP contribution in [0.15, 0.2) is 18.2 Å². The summed E-state index contributed by atoms with van der Waals surface area (Å²) in [6.45, 7) is 6.57. The van der Waals surface area contributed by atoms with Gasteiger partial charge in [0.05, 0.1) is 5.92 Å². The number of rotatable bonds is 4. The van der Waals surface area contributed by atoms with Gasteiger partial charge in [-0.1, -0.05) is 33.3 Å². The molecule has 4 heteroatoms. The highest BCUT2D eigenvalue weighted by molar-refractivity contribution is 5.77. The minimum absolute atomic E-state index is 0.00699. The molecular weight excluding hydrogens is 310 g/mol. The van der Waals surface area contributed by atoms with Crippen LogP contribution in [0.1, 0.15) is 57.9 Å². The minimum Gasteiger partial charge on any atom is -0.462 e. The smallest absolute Gasteiger partial charge is 0.309 e. The first-order valence-corrected chi connectivity index (χ1v) is 9.02. The third kappa shape index (κ3) is 3.62. The van der Waals surface area contributed by atoms with Crippen molar-refractivity contribution in [3.05, 3.63) is 35.4 Å². The molecule has 3 rings (SSSR count). The molecule has 1 aromatic rings. The van der Waals surface area contributed by atoms with Gasteiger partial charge in [-0.05, 0) is 60.6 Å². The quantitative estimate of drug-likeness (QED) is 0.717. The van der Waals surface area contributed by atoms with E-state index in [1.807, 2.05) is 0 Å². The zero-order valence-corrected chi connectivity index (χ0v) is 14.6. The normalized spacial score (nSPS) is 32.7. The van der Waals surface area contributed by atoms with Gasteiger partial charge in [-0.15, -0.1) is 0 Å². The third-order valence-corrected chi connectivity index (χ3v) is 5.69. The van der Waals surface area contributed by atoms with Crippen LogP contribution >= 0.6 is 0 Å². The van der Waals surface area contributed by atoms with Crippen LogP contribution in [-0.4, -0.2) is 12.1 Å². The first-order chi connectivity index (χ1) is 11.4. The molecule has 2 aliphatic rings. The molecule has 2 aliphatic carbocycles. The van der Waals surface area contributed by atoms with E-state index in [0.29, 0.717) is 29.7 Å². The SMILES string of the molecule is CC1CCC(C(C)C)C(OC(=O)[C@@H]2C[C@@H]2c2ccc(F)c(F)c2)C1. The maximum atomic E-state index is 13.4. The predicted octanol–water partition coefficient (Wildman–Crippen LogP) is 5.07. The molecule has 0 heterocycles. The molecule has 0 N–H and O–H groups in total. The van der Waals surface area contributed by atoms with Crippen molar-refractivity contribution in [1.29, 1.82) is 0 Å². The van der Waals surface area contributed by atoms with Crippen molar-refractivity contribution in [2.24, 2.45) is 23.7 Å². The fourth-order valence-electron chi connectivity index (χ4n) is 4.05. The number of carbonyl (C=O) groups is 1. The lowest BCUT2D eigenvalue weighted by Gasteiger charge is -2.36. The largest absolute Gasteiger partial charge is 0.462 e. The lowest BCUT2D eigenvalue weighted by Crippen LogP contribution is -2.36. The van der Waals surface area contributed by atoms with Gasteiger partial charge < -0.3 is 4.74 Å². The number of hydrogen-bond donors (Lipinski definition) is 0. The number of ether oxygens (including phenoxy) is 1. The maximum absolute atomic E-state index is 13.4. The zero-order valence-electron chi connectivity index (χ0n) is 14.6. The van der Waals surface area contributed by atoms with E-state index in [4.69, 9.17) is 4.74 Å². The van der Waals surface area contributed by atoms with Crippen molar-refractivity contribution in [1.82, 2.24) is 0 Å². The van der Waals surface area contributed by atoms with Crippen LogP contribution in [-0.2, 0) is 9.53 Å². The van der Waals surface area contributed by atoms with Crippen LogP contribution in [0, 0.1) is 35.3 Å². The highest BCUT2D eigenvalue weighted by Gasteiger charge is 2.47. The number of benzene rings is 1. The molecular formula is C20H26F2O2. The van der Waals surface area contributed by atoms with Gasteiger partial charge in [0, 0.05) is 0 Å². The van der Waals surface area contributed by atoms with E-state index >= 15 is 0 Å². The van der Waals surface area contributed by atoms with E-state index < -0.39 is 11.6 Å². The molecule has 1 aromatic carbocycles. The third-order valence-electron chi connectivity index (χ3n) is 5.69. The monoisotopic (exact) mass is 336 g/mol. The number of carbonyl (C=O) groups excluding carboxylic acids is 1. The Bertz CT molecular complexity index is 614. The Kier molecular flexibility index (Phi) is 4.93. The number of halogens is 2. The first kappa shape index (κ1) is 17.4. The molecule has 5 atom stereocenters. The summed E-state index contributed by atoms with van der Waals surface area (Å²) in [6, 6.07) is 3.89. The molecule has 0 bridgehead atoms. The van der Waals surface area contributed by atoms with E-state index in [0.717, 1.165) is 18.9 Å². The summed E-state index contributed by atoms with van der Waals surface area (Å²) in [7, 11) is 0. The lowest BCUT2D eigenvalue weighted by atomic mass is 9.75. The van der Waals surface area contributed by atoms with E-state index in [-0.39, 0.29) is 23.9 Å². The summed E-state index contributed by atoms with van der Waals surface area (Å²) in [6.07, 6.45) is 3.88. The van der Waals surface area contributed by atoms with Gasteiger partial charge in [-0.3, -0.25) is 4.79 Å². The van der Waals surface area contributed by atoms with Gasteiger partial charge in [0.2, 0.25) is 0 Å². The molecule has 0 aromatic heterocycles. The van der Waals surface area contributed by atoms with Crippen molar-refractivity contribution in [3.8, 4) is 0 Å². The van der Waals surface area contributed by atoms with Gasteiger partial charge in [-0.2, -0.15) is 0 Å². The predicted molar refractivity (Wildman–Crippen MR) is 88.4 cm³/mol. The molecule has 0 amide bonds. The summed E-state index contributed by atoms with van der Waals surface area (Å²) in [5, 5.41) is 0. The maximum Gasteiger partial charge on any atom is 0.309 e. The van der Waals surface area contributed by atoms with Crippen molar-refractivity contribution < 1.29 is 18.3 Å². The van der Waals surface area contributed by atoms with Crippen LogP contribution in [0.2, 0.25) is 0 Å². The molecule has 0 saturated heterocycles. The lowest BCUT2D eigenvalue weighted by molar-refractivity contribution is -0.157. The molecule has 2 fully saturated rings. The van der Waals surface area contributed by atoms with E-state index in [1.165, 1.54) is 12.5 Å². The Morgan fingerprint density at radius 2 is 1.92 bits per heavy atom. The van der Waals surface area contributed by atoms with E-state index in [9.17, 15) is 13.6 Å². The van der Waals surface area contributed by atoms with Crippen molar-refractivity contribution in [3.63, 3.8) is 0 Å². The van der Waals surface area contributed by atoms with Crippen molar-refractivity contribution >= 4 is 5.97 Å². The van der Waals surface area contributed by atoms with Crippen LogP contribution < -0.4 is 0 Å². The Balaban J connectivity index is 1.62. The van der Waals surface area contributed by atoms with Crippen molar-refractivity contribution in [2.75, 3.05) is 0 Å². The highest BCUT2D eigenvalue weighted by atomic mass is 19.2. The molecule has 132 valence electrons. The van der Waals surface area contributed by atoms with Crippen molar-refractivity contribution in [2.45, 2.75) is 58.5 Å². The van der Waals surface area contributed by atoms with Gasteiger partial charge in [-0.25, -0.2) is 8.78 Å². The first-order valence-electron chi connectivity index (χ1n) is 9.02.